The minimum absolute atomic E-state index is 0.0808. The fraction of sp³-hybridized carbons (Fsp3) is 0.118. The molecule has 3 rings (SSSR count). The third kappa shape index (κ3) is 3.84. The Morgan fingerprint density at radius 2 is 1.87 bits per heavy atom. The Morgan fingerprint density at radius 3 is 2.70 bits per heavy atom. The summed E-state index contributed by atoms with van der Waals surface area (Å²) in [5, 5.41) is 7.05. The summed E-state index contributed by atoms with van der Waals surface area (Å²) in [7, 11) is 0. The number of halogens is 1. The number of aromatic nitrogens is 2. The third-order valence-electron chi connectivity index (χ3n) is 3.34. The number of fused-ring (bicyclic) bond motifs is 1. The minimum atomic E-state index is -0.0808. The molecule has 116 valence electrons. The highest BCUT2D eigenvalue weighted by Gasteiger charge is 2.05. The van der Waals surface area contributed by atoms with Gasteiger partial charge in [0.1, 0.15) is 12.1 Å². The molecular formula is C17H15BrN4O. The Kier molecular flexibility index (Phi) is 4.83. The largest absolute Gasteiger partial charge is 0.368 e. The minimum Gasteiger partial charge on any atom is -0.368 e. The van der Waals surface area contributed by atoms with Gasteiger partial charge in [-0.1, -0.05) is 34.1 Å². The molecule has 0 fully saturated rings. The average molecular weight is 371 g/mol. The topological polar surface area (TPSA) is 66.9 Å². The van der Waals surface area contributed by atoms with Crippen molar-refractivity contribution in [3.8, 4) is 0 Å². The van der Waals surface area contributed by atoms with E-state index in [1.54, 1.807) is 12.1 Å². The molecule has 0 saturated heterocycles. The second-order valence-electron chi connectivity index (χ2n) is 4.93. The molecule has 1 heterocycles. The van der Waals surface area contributed by atoms with E-state index in [0.29, 0.717) is 18.7 Å². The molecular weight excluding hydrogens is 356 g/mol. The molecule has 0 unspecified atom stereocenters. The molecule has 3 aromatic rings. The Balaban J connectivity index is 1.59. The molecule has 0 radical (unpaired) electrons. The van der Waals surface area contributed by atoms with Crippen LogP contribution in [0.15, 0.2) is 59.3 Å². The maximum atomic E-state index is 11.9. The molecule has 2 N–H and O–H groups in total. The second-order valence-corrected chi connectivity index (χ2v) is 5.85. The summed E-state index contributed by atoms with van der Waals surface area (Å²) >= 11 is 3.45. The van der Waals surface area contributed by atoms with Crippen LogP contribution < -0.4 is 10.6 Å². The van der Waals surface area contributed by atoms with Crippen LogP contribution in [-0.4, -0.2) is 29.0 Å². The van der Waals surface area contributed by atoms with Crippen LogP contribution in [0.5, 0.6) is 0 Å². The van der Waals surface area contributed by atoms with Gasteiger partial charge in [-0.3, -0.25) is 4.79 Å². The highest BCUT2D eigenvalue weighted by molar-refractivity contribution is 9.10. The zero-order valence-electron chi connectivity index (χ0n) is 12.3. The van der Waals surface area contributed by atoms with Crippen LogP contribution in [0.2, 0.25) is 0 Å². The first-order chi connectivity index (χ1) is 11.2. The van der Waals surface area contributed by atoms with Gasteiger partial charge in [0.15, 0.2) is 0 Å². The van der Waals surface area contributed by atoms with Crippen LogP contribution >= 0.6 is 15.9 Å². The van der Waals surface area contributed by atoms with Crippen LogP contribution in [0.4, 0.5) is 5.82 Å². The van der Waals surface area contributed by atoms with Gasteiger partial charge < -0.3 is 10.6 Å². The lowest BCUT2D eigenvalue weighted by Gasteiger charge is -2.09. The molecule has 2 aromatic carbocycles. The van der Waals surface area contributed by atoms with E-state index in [1.807, 2.05) is 36.4 Å². The summed E-state index contributed by atoms with van der Waals surface area (Å²) in [5.74, 6) is 0.674. The lowest BCUT2D eigenvalue weighted by atomic mass is 10.2. The SMILES string of the molecule is O=C(NCCNc1ncnc2ccc(Br)cc12)c1ccccc1. The van der Waals surface area contributed by atoms with E-state index >= 15 is 0 Å². The van der Waals surface area contributed by atoms with Crippen LogP contribution in [0.25, 0.3) is 10.9 Å². The van der Waals surface area contributed by atoms with Crippen molar-refractivity contribution in [1.82, 2.24) is 15.3 Å². The number of rotatable bonds is 5. The molecule has 5 nitrogen and oxygen atoms in total. The molecule has 0 aliphatic rings. The first-order valence-electron chi connectivity index (χ1n) is 7.21. The Labute approximate surface area is 142 Å². The maximum absolute atomic E-state index is 11.9. The van der Waals surface area contributed by atoms with Gasteiger partial charge in [0.05, 0.1) is 5.52 Å². The number of hydrogen-bond donors (Lipinski definition) is 2. The molecule has 0 spiro atoms. The van der Waals surface area contributed by atoms with Crippen molar-refractivity contribution in [3.63, 3.8) is 0 Å². The van der Waals surface area contributed by atoms with E-state index in [9.17, 15) is 4.79 Å². The number of nitrogens with one attached hydrogen (secondary N) is 2. The smallest absolute Gasteiger partial charge is 0.251 e. The average Bonchev–Trinajstić information content (AvgIpc) is 2.59. The second kappa shape index (κ2) is 7.19. The van der Waals surface area contributed by atoms with Crippen LogP contribution in [0.3, 0.4) is 0 Å². The van der Waals surface area contributed by atoms with Crippen LogP contribution in [-0.2, 0) is 0 Å². The molecule has 0 aliphatic carbocycles. The van der Waals surface area contributed by atoms with Gasteiger partial charge in [-0.25, -0.2) is 9.97 Å². The number of benzene rings is 2. The number of anilines is 1. The first kappa shape index (κ1) is 15.4. The van der Waals surface area contributed by atoms with Gasteiger partial charge in [0.25, 0.3) is 5.91 Å². The van der Waals surface area contributed by atoms with Crippen molar-refractivity contribution in [3.05, 3.63) is 64.9 Å². The van der Waals surface area contributed by atoms with Crippen LogP contribution in [0.1, 0.15) is 10.4 Å². The van der Waals surface area contributed by atoms with Crippen molar-refractivity contribution in [2.24, 2.45) is 0 Å². The Bertz CT molecular complexity index is 823. The Morgan fingerprint density at radius 1 is 1.04 bits per heavy atom. The monoisotopic (exact) mass is 370 g/mol. The van der Waals surface area contributed by atoms with Crippen molar-refractivity contribution in [2.45, 2.75) is 0 Å². The van der Waals surface area contributed by atoms with Crippen molar-refractivity contribution in [2.75, 3.05) is 18.4 Å². The fourth-order valence-corrected chi connectivity index (χ4v) is 2.58. The fourth-order valence-electron chi connectivity index (χ4n) is 2.22. The van der Waals surface area contributed by atoms with Crippen LogP contribution in [0, 0.1) is 0 Å². The van der Waals surface area contributed by atoms with Gasteiger partial charge in [-0.05, 0) is 30.3 Å². The summed E-state index contributed by atoms with van der Waals surface area (Å²) in [6.07, 6.45) is 1.53. The highest BCUT2D eigenvalue weighted by atomic mass is 79.9. The van der Waals surface area contributed by atoms with E-state index in [4.69, 9.17) is 0 Å². The first-order valence-corrected chi connectivity index (χ1v) is 8.01. The van der Waals surface area contributed by atoms with E-state index in [-0.39, 0.29) is 5.91 Å². The van der Waals surface area contributed by atoms with E-state index in [1.165, 1.54) is 6.33 Å². The lowest BCUT2D eigenvalue weighted by molar-refractivity contribution is 0.0955. The molecule has 0 atom stereocenters. The Hall–Kier alpha value is -2.47. The van der Waals surface area contributed by atoms with Gasteiger partial charge in [-0.2, -0.15) is 0 Å². The lowest BCUT2D eigenvalue weighted by Crippen LogP contribution is -2.28. The summed E-state index contributed by atoms with van der Waals surface area (Å²) in [4.78, 5) is 20.4. The third-order valence-corrected chi connectivity index (χ3v) is 3.83. The zero-order chi connectivity index (χ0) is 16.1. The highest BCUT2D eigenvalue weighted by Crippen LogP contribution is 2.22. The number of hydrogen-bond acceptors (Lipinski definition) is 4. The van der Waals surface area contributed by atoms with E-state index in [0.717, 1.165) is 21.2 Å². The number of nitrogens with zero attached hydrogens (tertiary/aromatic N) is 2. The molecule has 1 amide bonds. The molecule has 23 heavy (non-hydrogen) atoms. The molecule has 6 heteroatoms. The number of carbonyl (C=O) groups excluding carboxylic acids is 1. The molecule has 0 bridgehead atoms. The van der Waals surface area contributed by atoms with Gasteiger partial charge in [-0.15, -0.1) is 0 Å². The van der Waals surface area contributed by atoms with Crippen molar-refractivity contribution in [1.29, 1.82) is 0 Å². The standard InChI is InChI=1S/C17H15BrN4O/c18-13-6-7-15-14(10-13)16(22-11-21-15)19-8-9-20-17(23)12-4-2-1-3-5-12/h1-7,10-11H,8-9H2,(H,20,23)(H,19,21,22). The van der Waals surface area contributed by atoms with Gasteiger partial charge >= 0.3 is 0 Å². The molecule has 1 aromatic heterocycles. The van der Waals surface area contributed by atoms with Gasteiger partial charge in [0, 0.05) is 28.5 Å². The summed E-state index contributed by atoms with van der Waals surface area (Å²) in [6, 6.07) is 15.0. The summed E-state index contributed by atoms with van der Waals surface area (Å²) < 4.78 is 0.972. The maximum Gasteiger partial charge on any atom is 0.251 e. The number of carbonyl (C=O) groups is 1. The predicted molar refractivity (Wildman–Crippen MR) is 94.5 cm³/mol. The van der Waals surface area contributed by atoms with E-state index < -0.39 is 0 Å². The molecule has 0 saturated carbocycles. The number of amides is 1. The normalized spacial score (nSPS) is 10.5. The summed E-state index contributed by atoms with van der Waals surface area (Å²) in [6.45, 7) is 1.09. The van der Waals surface area contributed by atoms with Crippen molar-refractivity contribution >= 4 is 38.6 Å². The van der Waals surface area contributed by atoms with Crippen molar-refractivity contribution < 1.29 is 4.79 Å². The predicted octanol–water partition coefficient (Wildman–Crippen LogP) is 3.23. The van der Waals surface area contributed by atoms with E-state index in [2.05, 4.69) is 36.5 Å². The molecule has 0 aliphatic heterocycles. The summed E-state index contributed by atoms with van der Waals surface area (Å²) in [5.41, 5.74) is 1.53. The van der Waals surface area contributed by atoms with Gasteiger partial charge in [0.2, 0.25) is 0 Å². The zero-order valence-corrected chi connectivity index (χ0v) is 13.9. The quantitative estimate of drug-likeness (QED) is 0.676.